The van der Waals surface area contributed by atoms with Crippen LogP contribution in [0.15, 0.2) is 18.2 Å². The SMILES string of the molecule is COCCCC1(O)CCc2cc(F)ccc21. The predicted octanol–water partition coefficient (Wildman–Crippen LogP) is 2.39. The van der Waals surface area contributed by atoms with Crippen molar-refractivity contribution in [3.63, 3.8) is 0 Å². The molecule has 0 heterocycles. The standard InChI is InChI=1S/C13H17FO2/c1-16-8-2-6-13(15)7-5-10-9-11(14)3-4-12(10)13/h3-4,9,15H,2,5-8H2,1H3. The zero-order valence-electron chi connectivity index (χ0n) is 9.50. The first-order chi connectivity index (χ1) is 7.65. The van der Waals surface area contributed by atoms with Gasteiger partial charge in [0.25, 0.3) is 0 Å². The number of hydrogen-bond donors (Lipinski definition) is 1. The molecule has 1 N–H and O–H groups in total. The number of benzene rings is 1. The summed E-state index contributed by atoms with van der Waals surface area (Å²) in [5, 5.41) is 10.5. The van der Waals surface area contributed by atoms with Gasteiger partial charge >= 0.3 is 0 Å². The number of hydrogen-bond acceptors (Lipinski definition) is 2. The highest BCUT2D eigenvalue weighted by Crippen LogP contribution is 2.40. The van der Waals surface area contributed by atoms with E-state index in [2.05, 4.69) is 0 Å². The molecule has 0 aliphatic heterocycles. The number of halogens is 1. The molecule has 0 saturated carbocycles. The van der Waals surface area contributed by atoms with Crippen LogP contribution in [0.2, 0.25) is 0 Å². The van der Waals surface area contributed by atoms with Crippen molar-refractivity contribution in [2.75, 3.05) is 13.7 Å². The molecule has 1 aromatic rings. The summed E-state index contributed by atoms with van der Waals surface area (Å²) in [5.74, 6) is -0.222. The van der Waals surface area contributed by atoms with Crippen molar-refractivity contribution >= 4 is 0 Å². The van der Waals surface area contributed by atoms with Gasteiger partial charge in [-0.15, -0.1) is 0 Å². The van der Waals surface area contributed by atoms with Crippen molar-refractivity contribution in [1.82, 2.24) is 0 Å². The molecule has 0 bridgehead atoms. The molecule has 0 saturated heterocycles. The molecule has 1 aromatic carbocycles. The third kappa shape index (κ3) is 2.11. The third-order valence-corrected chi connectivity index (χ3v) is 3.32. The van der Waals surface area contributed by atoms with E-state index in [1.54, 1.807) is 13.2 Å². The van der Waals surface area contributed by atoms with Crippen molar-refractivity contribution in [3.05, 3.63) is 35.1 Å². The fraction of sp³-hybridized carbons (Fsp3) is 0.538. The molecule has 2 rings (SSSR count). The molecular weight excluding hydrogens is 207 g/mol. The Morgan fingerprint density at radius 3 is 3.06 bits per heavy atom. The fourth-order valence-electron chi connectivity index (χ4n) is 2.47. The molecule has 1 atom stereocenters. The monoisotopic (exact) mass is 224 g/mol. The summed E-state index contributed by atoms with van der Waals surface area (Å²) in [7, 11) is 1.65. The van der Waals surface area contributed by atoms with Crippen LogP contribution in [0.25, 0.3) is 0 Å². The van der Waals surface area contributed by atoms with Gasteiger partial charge in [-0.3, -0.25) is 0 Å². The number of aryl methyl sites for hydroxylation is 1. The summed E-state index contributed by atoms with van der Waals surface area (Å²) in [5.41, 5.74) is 1.06. The van der Waals surface area contributed by atoms with Gasteiger partial charge in [0.1, 0.15) is 5.82 Å². The molecule has 16 heavy (non-hydrogen) atoms. The summed E-state index contributed by atoms with van der Waals surface area (Å²) in [6, 6.07) is 4.67. The smallest absolute Gasteiger partial charge is 0.123 e. The van der Waals surface area contributed by atoms with E-state index in [0.29, 0.717) is 19.4 Å². The van der Waals surface area contributed by atoms with Gasteiger partial charge in [0.05, 0.1) is 5.60 Å². The lowest BCUT2D eigenvalue weighted by Crippen LogP contribution is -2.22. The minimum Gasteiger partial charge on any atom is -0.385 e. The summed E-state index contributed by atoms with van der Waals surface area (Å²) in [6.07, 6.45) is 2.95. The van der Waals surface area contributed by atoms with E-state index in [9.17, 15) is 9.50 Å². The number of rotatable bonds is 4. The van der Waals surface area contributed by atoms with E-state index in [1.165, 1.54) is 12.1 Å². The topological polar surface area (TPSA) is 29.5 Å². The molecule has 0 spiro atoms. The lowest BCUT2D eigenvalue weighted by atomic mass is 9.91. The Balaban J connectivity index is 2.15. The Labute approximate surface area is 95.1 Å². The molecular formula is C13H17FO2. The first-order valence-corrected chi connectivity index (χ1v) is 5.66. The molecule has 0 aromatic heterocycles. The number of aliphatic hydroxyl groups is 1. The van der Waals surface area contributed by atoms with Crippen molar-refractivity contribution in [3.8, 4) is 0 Å². The fourth-order valence-corrected chi connectivity index (χ4v) is 2.47. The first kappa shape index (κ1) is 11.6. The second-order valence-electron chi connectivity index (χ2n) is 4.43. The number of fused-ring (bicyclic) bond motifs is 1. The normalized spacial score (nSPS) is 23.4. The molecule has 1 aliphatic carbocycles. The highest BCUT2D eigenvalue weighted by molar-refractivity contribution is 5.37. The van der Waals surface area contributed by atoms with E-state index in [1.807, 2.05) is 0 Å². The Morgan fingerprint density at radius 2 is 2.31 bits per heavy atom. The minimum atomic E-state index is -0.776. The van der Waals surface area contributed by atoms with Gasteiger partial charge < -0.3 is 9.84 Å². The molecule has 1 unspecified atom stereocenters. The predicted molar refractivity (Wildman–Crippen MR) is 59.7 cm³/mol. The molecule has 0 fully saturated rings. The first-order valence-electron chi connectivity index (χ1n) is 5.66. The van der Waals surface area contributed by atoms with Gasteiger partial charge in [0.15, 0.2) is 0 Å². The maximum Gasteiger partial charge on any atom is 0.123 e. The molecule has 3 heteroatoms. The zero-order valence-corrected chi connectivity index (χ0v) is 9.50. The number of ether oxygens (including phenoxy) is 1. The van der Waals surface area contributed by atoms with Crippen LogP contribution >= 0.6 is 0 Å². The van der Waals surface area contributed by atoms with Crippen molar-refractivity contribution in [1.29, 1.82) is 0 Å². The van der Waals surface area contributed by atoms with Crippen LogP contribution in [0.5, 0.6) is 0 Å². The largest absolute Gasteiger partial charge is 0.385 e. The zero-order chi connectivity index (χ0) is 11.6. The molecule has 1 aliphatic rings. The minimum absolute atomic E-state index is 0.222. The highest BCUT2D eigenvalue weighted by Gasteiger charge is 2.35. The summed E-state index contributed by atoms with van der Waals surface area (Å²) < 4.78 is 18.0. The van der Waals surface area contributed by atoms with Crippen LogP contribution in [-0.4, -0.2) is 18.8 Å². The Hall–Kier alpha value is -0.930. The van der Waals surface area contributed by atoms with Gasteiger partial charge in [-0.05, 0) is 48.9 Å². The highest BCUT2D eigenvalue weighted by atomic mass is 19.1. The Bertz CT molecular complexity index is 378. The van der Waals surface area contributed by atoms with Crippen LogP contribution < -0.4 is 0 Å². The Morgan fingerprint density at radius 1 is 1.50 bits per heavy atom. The average molecular weight is 224 g/mol. The lowest BCUT2D eigenvalue weighted by Gasteiger charge is -2.23. The molecule has 88 valence electrons. The second-order valence-corrected chi connectivity index (χ2v) is 4.43. The molecule has 2 nitrogen and oxygen atoms in total. The van der Waals surface area contributed by atoms with Crippen LogP contribution in [0.3, 0.4) is 0 Å². The van der Waals surface area contributed by atoms with Crippen molar-refractivity contribution in [2.24, 2.45) is 0 Å². The van der Waals surface area contributed by atoms with Crippen LogP contribution in [0.1, 0.15) is 30.4 Å². The quantitative estimate of drug-likeness (QED) is 0.796. The van der Waals surface area contributed by atoms with E-state index in [0.717, 1.165) is 24.0 Å². The van der Waals surface area contributed by atoms with Gasteiger partial charge in [0.2, 0.25) is 0 Å². The summed E-state index contributed by atoms with van der Waals surface area (Å²) >= 11 is 0. The maximum atomic E-state index is 13.0. The maximum absolute atomic E-state index is 13.0. The summed E-state index contributed by atoms with van der Waals surface area (Å²) in [6.45, 7) is 0.652. The summed E-state index contributed by atoms with van der Waals surface area (Å²) in [4.78, 5) is 0. The van der Waals surface area contributed by atoms with E-state index in [4.69, 9.17) is 4.74 Å². The van der Waals surface area contributed by atoms with Gasteiger partial charge in [-0.2, -0.15) is 0 Å². The van der Waals surface area contributed by atoms with Crippen molar-refractivity contribution in [2.45, 2.75) is 31.3 Å². The van der Waals surface area contributed by atoms with Crippen LogP contribution in [0.4, 0.5) is 4.39 Å². The molecule has 0 amide bonds. The van der Waals surface area contributed by atoms with Gasteiger partial charge in [-0.25, -0.2) is 4.39 Å². The van der Waals surface area contributed by atoms with E-state index >= 15 is 0 Å². The van der Waals surface area contributed by atoms with Crippen molar-refractivity contribution < 1.29 is 14.2 Å². The van der Waals surface area contributed by atoms with Crippen LogP contribution in [-0.2, 0) is 16.8 Å². The van der Waals surface area contributed by atoms with Gasteiger partial charge in [-0.1, -0.05) is 6.07 Å². The van der Waals surface area contributed by atoms with E-state index in [-0.39, 0.29) is 5.82 Å². The third-order valence-electron chi connectivity index (χ3n) is 3.32. The lowest BCUT2D eigenvalue weighted by molar-refractivity contribution is 0.0204. The average Bonchev–Trinajstić information content (AvgIpc) is 2.57. The van der Waals surface area contributed by atoms with Crippen LogP contribution in [0, 0.1) is 5.82 Å². The van der Waals surface area contributed by atoms with E-state index < -0.39 is 5.60 Å². The molecule has 0 radical (unpaired) electrons. The van der Waals surface area contributed by atoms with Gasteiger partial charge in [0, 0.05) is 13.7 Å². The Kier molecular flexibility index (Phi) is 3.26. The number of methoxy groups -OCH3 is 1. The second kappa shape index (κ2) is 4.52.